The van der Waals surface area contributed by atoms with Crippen LogP contribution in [-0.4, -0.2) is 7.05 Å². The molecule has 0 saturated heterocycles. The summed E-state index contributed by atoms with van der Waals surface area (Å²) in [4.78, 5) is 2.47. The first kappa shape index (κ1) is 13.7. The molecule has 1 atom stereocenters. The smallest absolute Gasteiger partial charge is 0.129 e. The molecule has 0 spiro atoms. The van der Waals surface area contributed by atoms with Gasteiger partial charge in [0, 0.05) is 19.8 Å². The molecule has 1 unspecified atom stereocenters. The largest absolute Gasteiger partial charge is 0.309 e. The van der Waals surface area contributed by atoms with E-state index in [2.05, 4.69) is 41.2 Å². The maximum Gasteiger partial charge on any atom is 0.129 e. The Balaban J connectivity index is 2.55. The summed E-state index contributed by atoms with van der Waals surface area (Å²) < 4.78 is 14.8. The van der Waals surface area contributed by atoms with Crippen LogP contribution >= 0.6 is 27.3 Å². The molecule has 18 heavy (non-hydrogen) atoms. The van der Waals surface area contributed by atoms with Gasteiger partial charge < -0.3 is 5.32 Å². The zero-order chi connectivity index (χ0) is 13.3. The van der Waals surface area contributed by atoms with Gasteiger partial charge >= 0.3 is 0 Å². The van der Waals surface area contributed by atoms with Crippen molar-refractivity contribution in [2.45, 2.75) is 19.9 Å². The molecule has 0 aliphatic rings. The number of hydrogen-bond donors (Lipinski definition) is 1. The third kappa shape index (κ3) is 2.51. The second-order valence-corrected chi connectivity index (χ2v) is 6.54. The van der Waals surface area contributed by atoms with Crippen molar-refractivity contribution in [3.63, 3.8) is 0 Å². The van der Waals surface area contributed by atoms with Gasteiger partial charge in [0.25, 0.3) is 0 Å². The van der Waals surface area contributed by atoms with E-state index in [9.17, 15) is 4.39 Å². The van der Waals surface area contributed by atoms with Gasteiger partial charge in [0.05, 0.1) is 6.04 Å². The molecule has 96 valence electrons. The first-order chi connectivity index (χ1) is 8.54. The number of benzene rings is 1. The van der Waals surface area contributed by atoms with Gasteiger partial charge in [0.15, 0.2) is 0 Å². The Morgan fingerprint density at radius 2 is 2.06 bits per heavy atom. The highest BCUT2D eigenvalue weighted by molar-refractivity contribution is 9.10. The third-order valence-corrected chi connectivity index (χ3v) is 4.64. The number of thiophene rings is 1. The highest BCUT2D eigenvalue weighted by atomic mass is 79.9. The van der Waals surface area contributed by atoms with Crippen LogP contribution in [0.2, 0.25) is 0 Å². The Morgan fingerprint density at radius 3 is 2.56 bits per heavy atom. The lowest BCUT2D eigenvalue weighted by Crippen LogP contribution is -2.19. The van der Waals surface area contributed by atoms with E-state index in [0.29, 0.717) is 5.56 Å². The van der Waals surface area contributed by atoms with Crippen molar-refractivity contribution >= 4 is 27.3 Å². The van der Waals surface area contributed by atoms with E-state index in [-0.39, 0.29) is 11.9 Å². The van der Waals surface area contributed by atoms with Crippen molar-refractivity contribution in [1.82, 2.24) is 5.32 Å². The van der Waals surface area contributed by atoms with E-state index in [0.717, 1.165) is 10.0 Å². The van der Waals surface area contributed by atoms with E-state index >= 15 is 0 Å². The molecule has 1 aromatic carbocycles. The molecule has 0 aliphatic heterocycles. The highest BCUT2D eigenvalue weighted by Gasteiger charge is 2.21. The van der Waals surface area contributed by atoms with Crippen molar-refractivity contribution in [3.8, 4) is 0 Å². The lowest BCUT2D eigenvalue weighted by Gasteiger charge is -2.19. The average Bonchev–Trinajstić information content (AvgIpc) is 2.63. The summed E-state index contributed by atoms with van der Waals surface area (Å²) in [7, 11) is 1.86. The van der Waals surface area contributed by atoms with Gasteiger partial charge in [0.2, 0.25) is 0 Å². The van der Waals surface area contributed by atoms with Crippen LogP contribution in [0.25, 0.3) is 0 Å². The molecule has 1 N–H and O–H groups in total. The average molecular weight is 328 g/mol. The Hall–Kier alpha value is -0.710. The summed E-state index contributed by atoms with van der Waals surface area (Å²) in [6.07, 6.45) is 0. The highest BCUT2D eigenvalue weighted by Crippen LogP contribution is 2.35. The maximum atomic E-state index is 14.0. The molecule has 0 radical (unpaired) electrons. The van der Waals surface area contributed by atoms with Crippen molar-refractivity contribution in [1.29, 1.82) is 0 Å². The third-order valence-electron chi connectivity index (χ3n) is 2.97. The Kier molecular flexibility index (Phi) is 4.20. The fourth-order valence-electron chi connectivity index (χ4n) is 2.18. The van der Waals surface area contributed by atoms with Crippen LogP contribution in [0.4, 0.5) is 4.39 Å². The zero-order valence-electron chi connectivity index (χ0n) is 10.6. The van der Waals surface area contributed by atoms with Crippen molar-refractivity contribution < 1.29 is 4.39 Å². The van der Waals surface area contributed by atoms with E-state index in [1.165, 1.54) is 15.8 Å². The molecule has 2 rings (SSSR count). The minimum Gasteiger partial charge on any atom is -0.309 e. The number of nitrogens with one attached hydrogen (secondary N) is 1. The summed E-state index contributed by atoms with van der Waals surface area (Å²) in [5, 5.41) is 3.21. The van der Waals surface area contributed by atoms with Crippen LogP contribution < -0.4 is 5.32 Å². The van der Waals surface area contributed by atoms with E-state index < -0.39 is 0 Å². The number of halogens is 2. The van der Waals surface area contributed by atoms with Gasteiger partial charge in [-0.25, -0.2) is 4.39 Å². The second kappa shape index (κ2) is 5.51. The summed E-state index contributed by atoms with van der Waals surface area (Å²) in [5.74, 6) is -0.188. The predicted octanol–water partition coefficient (Wildman–Crippen LogP) is 4.58. The van der Waals surface area contributed by atoms with Crippen LogP contribution in [0.1, 0.15) is 26.9 Å². The summed E-state index contributed by atoms with van der Waals surface area (Å²) >= 11 is 5.18. The van der Waals surface area contributed by atoms with Crippen LogP contribution in [0.5, 0.6) is 0 Å². The van der Waals surface area contributed by atoms with Gasteiger partial charge in [-0.05, 0) is 44.7 Å². The molecular weight excluding hydrogens is 313 g/mol. The van der Waals surface area contributed by atoms with E-state index in [1.54, 1.807) is 17.4 Å². The molecule has 1 aromatic heterocycles. The van der Waals surface area contributed by atoms with E-state index in [1.807, 2.05) is 13.1 Å². The molecular formula is C14H15BrFNS. The SMILES string of the molecule is CNC(c1cc(C)sc1C)c1c(F)cccc1Br. The van der Waals surface area contributed by atoms with Crippen molar-refractivity contribution in [2.75, 3.05) is 7.05 Å². The fraction of sp³-hybridized carbons (Fsp3) is 0.286. The van der Waals surface area contributed by atoms with Crippen LogP contribution in [0.3, 0.4) is 0 Å². The lowest BCUT2D eigenvalue weighted by atomic mass is 9.99. The Bertz CT molecular complexity index is 545. The molecule has 1 nitrogen and oxygen atoms in total. The number of aryl methyl sites for hydroxylation is 2. The molecule has 0 fully saturated rings. The molecule has 0 saturated carbocycles. The first-order valence-electron chi connectivity index (χ1n) is 5.72. The van der Waals surface area contributed by atoms with Gasteiger partial charge in [-0.3, -0.25) is 0 Å². The predicted molar refractivity (Wildman–Crippen MR) is 78.8 cm³/mol. The molecule has 4 heteroatoms. The van der Waals surface area contributed by atoms with Crippen LogP contribution in [0.15, 0.2) is 28.7 Å². The second-order valence-electron chi connectivity index (χ2n) is 4.23. The quantitative estimate of drug-likeness (QED) is 0.870. The normalized spacial score (nSPS) is 12.7. The minimum absolute atomic E-state index is 0.120. The van der Waals surface area contributed by atoms with Gasteiger partial charge in [-0.1, -0.05) is 22.0 Å². The molecule has 0 amide bonds. The summed E-state index contributed by atoms with van der Waals surface area (Å²) in [5.41, 5.74) is 1.81. The van der Waals surface area contributed by atoms with Gasteiger partial charge in [-0.2, -0.15) is 0 Å². The minimum atomic E-state index is -0.188. The van der Waals surface area contributed by atoms with Gasteiger partial charge in [0.1, 0.15) is 5.82 Å². The topological polar surface area (TPSA) is 12.0 Å². The number of hydrogen-bond acceptors (Lipinski definition) is 2. The Labute approximate surface area is 119 Å². The number of rotatable bonds is 3. The van der Waals surface area contributed by atoms with E-state index in [4.69, 9.17) is 0 Å². The molecule has 1 heterocycles. The van der Waals surface area contributed by atoms with Crippen LogP contribution in [-0.2, 0) is 0 Å². The first-order valence-corrected chi connectivity index (χ1v) is 7.33. The monoisotopic (exact) mass is 327 g/mol. The molecule has 2 aromatic rings. The summed E-state index contributed by atoms with van der Waals surface area (Å²) in [6, 6.07) is 7.09. The molecule has 0 aliphatic carbocycles. The lowest BCUT2D eigenvalue weighted by molar-refractivity contribution is 0.573. The Morgan fingerprint density at radius 1 is 1.33 bits per heavy atom. The molecule has 0 bridgehead atoms. The standard InChI is InChI=1S/C14H15BrFNS/c1-8-7-10(9(2)18-8)14(17-3)13-11(15)5-4-6-12(13)16/h4-7,14,17H,1-3H3. The fourth-order valence-corrected chi connectivity index (χ4v) is 3.71. The zero-order valence-corrected chi connectivity index (χ0v) is 13.0. The van der Waals surface area contributed by atoms with Crippen molar-refractivity contribution in [2.24, 2.45) is 0 Å². The van der Waals surface area contributed by atoms with Crippen LogP contribution in [0, 0.1) is 19.7 Å². The van der Waals surface area contributed by atoms with Crippen molar-refractivity contribution in [3.05, 3.63) is 55.4 Å². The maximum absolute atomic E-state index is 14.0. The summed E-state index contributed by atoms with van der Waals surface area (Å²) in [6.45, 7) is 4.15. The van der Waals surface area contributed by atoms with Gasteiger partial charge in [-0.15, -0.1) is 11.3 Å².